The standard InChI is InChI=1S/C23H30N2O2S/c1-23(2,3)19-12-10-17(11-13-19)16-24-22(27)20(14-15-28-4)25-21(26)18-8-6-5-7-9-18/h5-13,20H,14-16H2,1-4H3,(H,24,27)(H,25,26)/t20-/m1/s1. The van der Waals surface area contributed by atoms with Gasteiger partial charge < -0.3 is 10.6 Å². The summed E-state index contributed by atoms with van der Waals surface area (Å²) in [5.74, 6) is 0.419. The van der Waals surface area contributed by atoms with Gasteiger partial charge in [0.15, 0.2) is 0 Å². The first kappa shape index (κ1) is 22.0. The molecule has 0 aliphatic carbocycles. The van der Waals surface area contributed by atoms with Crippen molar-refractivity contribution < 1.29 is 9.59 Å². The van der Waals surface area contributed by atoms with E-state index in [0.29, 0.717) is 18.5 Å². The highest BCUT2D eigenvalue weighted by atomic mass is 32.2. The molecule has 0 aliphatic heterocycles. The first-order chi connectivity index (χ1) is 13.3. The monoisotopic (exact) mass is 398 g/mol. The maximum atomic E-state index is 12.7. The van der Waals surface area contributed by atoms with E-state index >= 15 is 0 Å². The summed E-state index contributed by atoms with van der Waals surface area (Å²) in [5.41, 5.74) is 2.96. The van der Waals surface area contributed by atoms with Gasteiger partial charge in [0.25, 0.3) is 5.91 Å². The van der Waals surface area contributed by atoms with Gasteiger partial charge in [0.1, 0.15) is 6.04 Å². The summed E-state index contributed by atoms with van der Waals surface area (Å²) in [7, 11) is 0. The molecule has 2 rings (SSSR count). The summed E-state index contributed by atoms with van der Waals surface area (Å²) in [6.45, 7) is 6.97. The van der Waals surface area contributed by atoms with Gasteiger partial charge in [-0.25, -0.2) is 0 Å². The minimum Gasteiger partial charge on any atom is -0.350 e. The van der Waals surface area contributed by atoms with Gasteiger partial charge in [0, 0.05) is 12.1 Å². The molecule has 0 heterocycles. The molecule has 28 heavy (non-hydrogen) atoms. The summed E-state index contributed by atoms with van der Waals surface area (Å²) in [6, 6.07) is 16.7. The van der Waals surface area contributed by atoms with E-state index in [1.165, 1.54) is 5.56 Å². The molecular weight excluding hydrogens is 368 g/mol. The third-order valence-corrected chi connectivity index (χ3v) is 5.20. The molecule has 2 aromatic rings. The zero-order chi connectivity index (χ0) is 20.6. The van der Waals surface area contributed by atoms with Crippen LogP contribution in [0.15, 0.2) is 54.6 Å². The van der Waals surface area contributed by atoms with Crippen LogP contribution >= 0.6 is 11.8 Å². The smallest absolute Gasteiger partial charge is 0.251 e. The van der Waals surface area contributed by atoms with E-state index in [2.05, 4.69) is 43.5 Å². The Bertz CT molecular complexity index is 767. The van der Waals surface area contributed by atoms with Gasteiger partial charge in [0.05, 0.1) is 0 Å². The van der Waals surface area contributed by atoms with Crippen LogP contribution in [0.3, 0.4) is 0 Å². The molecule has 0 aliphatic rings. The molecule has 0 fully saturated rings. The highest BCUT2D eigenvalue weighted by molar-refractivity contribution is 7.98. The van der Waals surface area contributed by atoms with Crippen LogP contribution < -0.4 is 10.6 Å². The van der Waals surface area contributed by atoms with Crippen LogP contribution in [0.5, 0.6) is 0 Å². The summed E-state index contributed by atoms with van der Waals surface area (Å²) in [6.07, 6.45) is 2.58. The molecule has 0 radical (unpaired) electrons. The van der Waals surface area contributed by atoms with Crippen LogP contribution in [0.2, 0.25) is 0 Å². The van der Waals surface area contributed by atoms with Gasteiger partial charge in [-0.05, 0) is 47.1 Å². The first-order valence-electron chi connectivity index (χ1n) is 9.53. The molecule has 0 bridgehead atoms. The molecular formula is C23H30N2O2S. The predicted octanol–water partition coefficient (Wildman–Crippen LogP) is 4.15. The lowest BCUT2D eigenvalue weighted by atomic mass is 9.87. The number of carbonyl (C=O) groups excluding carboxylic acids is 2. The van der Waals surface area contributed by atoms with Gasteiger partial charge in [-0.3, -0.25) is 9.59 Å². The Morgan fingerprint density at radius 1 is 1.00 bits per heavy atom. The van der Waals surface area contributed by atoms with Crippen LogP contribution in [0.25, 0.3) is 0 Å². The molecule has 0 saturated carbocycles. The van der Waals surface area contributed by atoms with Crippen LogP contribution in [0.4, 0.5) is 0 Å². The lowest BCUT2D eigenvalue weighted by Gasteiger charge is -2.20. The zero-order valence-electron chi connectivity index (χ0n) is 17.1. The molecule has 0 spiro atoms. The third-order valence-electron chi connectivity index (χ3n) is 4.56. The van der Waals surface area contributed by atoms with E-state index in [1.54, 1.807) is 23.9 Å². The molecule has 2 aromatic carbocycles. The van der Waals surface area contributed by atoms with Crippen LogP contribution in [-0.4, -0.2) is 29.9 Å². The minimum atomic E-state index is -0.547. The van der Waals surface area contributed by atoms with E-state index in [9.17, 15) is 9.59 Å². The first-order valence-corrected chi connectivity index (χ1v) is 10.9. The van der Waals surface area contributed by atoms with Gasteiger partial charge in [-0.15, -0.1) is 0 Å². The lowest BCUT2D eigenvalue weighted by molar-refractivity contribution is -0.123. The SMILES string of the molecule is CSCC[C@@H](NC(=O)c1ccccc1)C(=O)NCc1ccc(C(C)(C)C)cc1. The van der Waals surface area contributed by atoms with Crippen molar-refractivity contribution in [1.29, 1.82) is 0 Å². The largest absolute Gasteiger partial charge is 0.350 e. The van der Waals surface area contributed by atoms with E-state index in [1.807, 2.05) is 36.6 Å². The summed E-state index contributed by atoms with van der Waals surface area (Å²) in [5, 5.41) is 5.83. The Labute approximate surface area is 172 Å². The number of nitrogens with one attached hydrogen (secondary N) is 2. The van der Waals surface area contributed by atoms with Crippen molar-refractivity contribution in [2.24, 2.45) is 0 Å². The quantitative estimate of drug-likeness (QED) is 0.702. The number of amides is 2. The van der Waals surface area contributed by atoms with E-state index < -0.39 is 6.04 Å². The maximum absolute atomic E-state index is 12.7. The van der Waals surface area contributed by atoms with E-state index in [4.69, 9.17) is 0 Å². The van der Waals surface area contributed by atoms with Gasteiger partial charge in [-0.2, -0.15) is 11.8 Å². The molecule has 2 N–H and O–H groups in total. The van der Waals surface area contributed by atoms with Crippen LogP contribution in [0.1, 0.15) is 48.7 Å². The zero-order valence-corrected chi connectivity index (χ0v) is 17.9. The number of hydrogen-bond acceptors (Lipinski definition) is 3. The van der Waals surface area contributed by atoms with Crippen molar-refractivity contribution in [2.45, 2.75) is 45.2 Å². The van der Waals surface area contributed by atoms with Crippen molar-refractivity contribution >= 4 is 23.6 Å². The Morgan fingerprint density at radius 2 is 1.64 bits per heavy atom. The predicted molar refractivity (Wildman–Crippen MR) is 118 cm³/mol. The minimum absolute atomic E-state index is 0.104. The number of hydrogen-bond donors (Lipinski definition) is 2. The van der Waals surface area contributed by atoms with Gasteiger partial charge in [-0.1, -0.05) is 63.2 Å². The fraction of sp³-hybridized carbons (Fsp3) is 0.391. The molecule has 0 saturated heterocycles. The van der Waals surface area contributed by atoms with Crippen molar-refractivity contribution in [2.75, 3.05) is 12.0 Å². The molecule has 2 amide bonds. The molecule has 1 atom stereocenters. The van der Waals surface area contributed by atoms with E-state index in [-0.39, 0.29) is 17.2 Å². The second kappa shape index (κ2) is 10.3. The number of rotatable bonds is 8. The van der Waals surface area contributed by atoms with Crippen LogP contribution in [-0.2, 0) is 16.8 Å². The Morgan fingerprint density at radius 3 is 2.21 bits per heavy atom. The van der Waals surface area contributed by atoms with Crippen molar-refractivity contribution in [3.05, 3.63) is 71.3 Å². The normalized spacial score (nSPS) is 12.3. The lowest BCUT2D eigenvalue weighted by Crippen LogP contribution is -2.46. The Kier molecular flexibility index (Phi) is 8.12. The average Bonchev–Trinajstić information content (AvgIpc) is 2.69. The molecule has 0 aromatic heterocycles. The summed E-state index contributed by atoms with van der Waals surface area (Å²) >= 11 is 1.66. The Balaban J connectivity index is 1.97. The number of thioether (sulfide) groups is 1. The summed E-state index contributed by atoms with van der Waals surface area (Å²) < 4.78 is 0. The van der Waals surface area contributed by atoms with Crippen molar-refractivity contribution in [3.63, 3.8) is 0 Å². The highest BCUT2D eigenvalue weighted by Crippen LogP contribution is 2.22. The second-order valence-electron chi connectivity index (χ2n) is 7.84. The van der Waals surface area contributed by atoms with E-state index in [0.717, 1.165) is 11.3 Å². The summed E-state index contributed by atoms with van der Waals surface area (Å²) in [4.78, 5) is 25.1. The molecule has 0 unspecified atom stereocenters. The fourth-order valence-electron chi connectivity index (χ4n) is 2.77. The average molecular weight is 399 g/mol. The number of benzene rings is 2. The second-order valence-corrected chi connectivity index (χ2v) is 8.82. The van der Waals surface area contributed by atoms with Crippen molar-refractivity contribution in [3.8, 4) is 0 Å². The number of carbonyl (C=O) groups is 2. The molecule has 5 heteroatoms. The van der Waals surface area contributed by atoms with Crippen molar-refractivity contribution in [1.82, 2.24) is 10.6 Å². The highest BCUT2D eigenvalue weighted by Gasteiger charge is 2.21. The molecule has 150 valence electrons. The van der Waals surface area contributed by atoms with Crippen LogP contribution in [0, 0.1) is 0 Å². The maximum Gasteiger partial charge on any atom is 0.251 e. The van der Waals surface area contributed by atoms with Gasteiger partial charge in [0.2, 0.25) is 5.91 Å². The Hall–Kier alpha value is -2.27. The topological polar surface area (TPSA) is 58.2 Å². The fourth-order valence-corrected chi connectivity index (χ4v) is 3.24. The third kappa shape index (κ3) is 6.71. The molecule has 4 nitrogen and oxygen atoms in total. The van der Waals surface area contributed by atoms with Gasteiger partial charge >= 0.3 is 0 Å².